The Hall–Kier alpha value is -2.93. The van der Waals surface area contributed by atoms with Gasteiger partial charge < -0.3 is 19.5 Å². The molecule has 0 radical (unpaired) electrons. The number of fused-ring (bicyclic) bond motifs is 3. The molecule has 32 heavy (non-hydrogen) atoms. The molecule has 2 fully saturated rings. The topological polar surface area (TPSA) is 82.8 Å². The summed E-state index contributed by atoms with van der Waals surface area (Å²) in [7, 11) is 0. The molecule has 0 aliphatic carbocycles. The molecule has 3 aliphatic heterocycles. The number of aromatic nitrogens is 1. The molecule has 0 saturated carbocycles. The number of nitrogens with zero attached hydrogens (tertiary/aromatic N) is 3. The Morgan fingerprint density at radius 3 is 2.41 bits per heavy atom. The monoisotopic (exact) mass is 435 g/mol. The van der Waals surface area contributed by atoms with Crippen molar-refractivity contribution >= 4 is 11.8 Å². The van der Waals surface area contributed by atoms with E-state index in [1.54, 1.807) is 9.47 Å². The van der Waals surface area contributed by atoms with Crippen molar-refractivity contribution in [2.45, 2.75) is 44.8 Å². The Bertz CT molecular complexity index is 1090. The molecule has 4 heterocycles. The highest BCUT2D eigenvalue weighted by Crippen LogP contribution is 2.49. The van der Waals surface area contributed by atoms with Crippen molar-refractivity contribution in [2.75, 3.05) is 19.7 Å². The summed E-state index contributed by atoms with van der Waals surface area (Å²) in [5.74, 6) is -0.818. The number of hydrogen-bond acceptors (Lipinski definition) is 4. The van der Waals surface area contributed by atoms with Gasteiger partial charge in [-0.25, -0.2) is 0 Å². The number of benzene rings is 1. The van der Waals surface area contributed by atoms with Gasteiger partial charge in [-0.2, -0.15) is 0 Å². The second-order valence-electron chi connectivity index (χ2n) is 9.17. The lowest BCUT2D eigenvalue weighted by atomic mass is 9.88. The van der Waals surface area contributed by atoms with Crippen molar-refractivity contribution in [2.24, 2.45) is 11.8 Å². The third-order valence-corrected chi connectivity index (χ3v) is 7.44. The predicted octanol–water partition coefficient (Wildman–Crippen LogP) is 2.04. The fraction of sp³-hybridized carbons (Fsp3) is 0.480. The third kappa shape index (κ3) is 3.18. The molecule has 3 aliphatic rings. The number of likely N-dealkylation sites (tertiary alicyclic amines) is 2. The molecule has 1 aromatic carbocycles. The molecule has 2 saturated heterocycles. The van der Waals surface area contributed by atoms with E-state index in [9.17, 15) is 19.5 Å². The molecular formula is C25H29N3O4. The molecule has 5 rings (SSSR count). The van der Waals surface area contributed by atoms with Gasteiger partial charge in [0.05, 0.1) is 6.04 Å². The number of hydrogen-bond donors (Lipinski definition) is 1. The summed E-state index contributed by atoms with van der Waals surface area (Å²) < 4.78 is 1.73. The minimum Gasteiger partial charge on any atom is -0.396 e. The normalized spacial score (nSPS) is 26.7. The van der Waals surface area contributed by atoms with Crippen LogP contribution >= 0.6 is 0 Å². The number of pyridine rings is 1. The number of carbonyl (C=O) groups is 2. The molecule has 168 valence electrons. The van der Waals surface area contributed by atoms with Crippen molar-refractivity contribution in [3.05, 3.63) is 58.5 Å². The van der Waals surface area contributed by atoms with Gasteiger partial charge in [-0.1, -0.05) is 30.3 Å². The molecular weight excluding hydrogens is 406 g/mol. The lowest BCUT2D eigenvalue weighted by Crippen LogP contribution is -2.52. The molecule has 1 N–H and O–H groups in total. The van der Waals surface area contributed by atoms with Gasteiger partial charge in [-0.05, 0) is 37.0 Å². The summed E-state index contributed by atoms with van der Waals surface area (Å²) in [6.07, 6.45) is 3.05. The van der Waals surface area contributed by atoms with E-state index in [-0.39, 0.29) is 35.9 Å². The highest BCUT2D eigenvalue weighted by Gasteiger charge is 2.57. The van der Waals surface area contributed by atoms with Crippen LogP contribution in [-0.4, -0.2) is 57.0 Å². The second-order valence-corrected chi connectivity index (χ2v) is 9.17. The summed E-state index contributed by atoms with van der Waals surface area (Å²) in [6, 6.07) is 12.2. The minimum atomic E-state index is -0.678. The van der Waals surface area contributed by atoms with Gasteiger partial charge >= 0.3 is 0 Å². The highest BCUT2D eigenvalue weighted by molar-refractivity contribution is 5.88. The maximum absolute atomic E-state index is 13.5. The van der Waals surface area contributed by atoms with Crippen LogP contribution in [-0.2, 0) is 16.1 Å². The van der Waals surface area contributed by atoms with E-state index in [0.717, 1.165) is 30.5 Å². The molecule has 7 nitrogen and oxygen atoms in total. The summed E-state index contributed by atoms with van der Waals surface area (Å²) >= 11 is 0. The van der Waals surface area contributed by atoms with E-state index in [1.807, 2.05) is 47.4 Å². The second kappa shape index (κ2) is 8.20. The lowest BCUT2D eigenvalue weighted by Gasteiger charge is -2.35. The van der Waals surface area contributed by atoms with Crippen molar-refractivity contribution in [3.63, 3.8) is 0 Å². The third-order valence-electron chi connectivity index (χ3n) is 7.44. The van der Waals surface area contributed by atoms with Gasteiger partial charge in [0.1, 0.15) is 6.04 Å². The summed E-state index contributed by atoms with van der Waals surface area (Å²) in [4.78, 5) is 43.1. The highest BCUT2D eigenvalue weighted by atomic mass is 16.3. The van der Waals surface area contributed by atoms with Crippen LogP contribution in [0.15, 0.2) is 47.3 Å². The average molecular weight is 436 g/mol. The number of carbonyl (C=O) groups excluding carboxylic acids is 2. The zero-order valence-corrected chi connectivity index (χ0v) is 18.3. The number of aliphatic hydroxyl groups excluding tert-OH is 1. The zero-order valence-electron chi connectivity index (χ0n) is 18.3. The van der Waals surface area contributed by atoms with Gasteiger partial charge in [0.15, 0.2) is 0 Å². The van der Waals surface area contributed by atoms with E-state index >= 15 is 0 Å². The van der Waals surface area contributed by atoms with E-state index in [4.69, 9.17) is 0 Å². The van der Waals surface area contributed by atoms with Crippen LogP contribution in [0.4, 0.5) is 0 Å². The maximum Gasteiger partial charge on any atom is 0.258 e. The quantitative estimate of drug-likeness (QED) is 0.800. The van der Waals surface area contributed by atoms with Crippen LogP contribution in [0.5, 0.6) is 0 Å². The SMILES string of the molecule is CC(=O)N1[C@H](C(=O)N2CCCCC2)[C@@H](CO)[C@@H]2Cn3c(ccc(-c4ccccc4)c3=O)[C@@H]21. The predicted molar refractivity (Wildman–Crippen MR) is 120 cm³/mol. The fourth-order valence-electron chi connectivity index (χ4n) is 5.97. The van der Waals surface area contributed by atoms with Crippen molar-refractivity contribution in [1.82, 2.24) is 14.4 Å². The molecule has 1 aromatic heterocycles. The van der Waals surface area contributed by atoms with Crippen LogP contribution < -0.4 is 5.56 Å². The molecule has 2 aromatic rings. The van der Waals surface area contributed by atoms with Crippen molar-refractivity contribution in [3.8, 4) is 11.1 Å². The van der Waals surface area contributed by atoms with Crippen molar-refractivity contribution < 1.29 is 14.7 Å². The van der Waals surface area contributed by atoms with Gasteiger partial charge in [-0.3, -0.25) is 14.4 Å². The molecule has 2 amide bonds. The summed E-state index contributed by atoms with van der Waals surface area (Å²) in [5, 5.41) is 10.3. The number of aliphatic hydroxyl groups is 1. The van der Waals surface area contributed by atoms with Gasteiger partial charge in [-0.15, -0.1) is 0 Å². The molecule has 0 bridgehead atoms. The first-order chi connectivity index (χ1) is 15.5. The first-order valence-corrected chi connectivity index (χ1v) is 11.5. The first-order valence-electron chi connectivity index (χ1n) is 11.5. The van der Waals surface area contributed by atoms with Gasteiger partial charge in [0.2, 0.25) is 11.8 Å². The number of amides is 2. The zero-order chi connectivity index (χ0) is 22.4. The van der Waals surface area contributed by atoms with Gasteiger partial charge in [0.25, 0.3) is 5.56 Å². The molecule has 0 unspecified atom stereocenters. The van der Waals surface area contributed by atoms with E-state index in [0.29, 0.717) is 25.2 Å². The molecule has 7 heteroatoms. The standard InChI is InChI=1S/C25H29N3O4/c1-16(30)28-22-19(20(15-29)23(28)25(32)26-12-6-3-7-13-26)14-27-21(22)11-10-18(24(27)31)17-8-4-2-5-9-17/h2,4-5,8-11,19-20,22-23,29H,3,6-7,12-15H2,1H3/t19-,20-,22+,23-/m0/s1. The van der Waals surface area contributed by atoms with Gasteiger partial charge in [0, 0.05) is 56.3 Å². The van der Waals surface area contributed by atoms with Crippen LogP contribution in [0.1, 0.15) is 37.9 Å². The summed E-state index contributed by atoms with van der Waals surface area (Å²) in [5.41, 5.74) is 2.12. The fourth-order valence-corrected chi connectivity index (χ4v) is 5.97. The maximum atomic E-state index is 13.5. The number of piperidine rings is 1. The summed E-state index contributed by atoms with van der Waals surface area (Å²) in [6.45, 7) is 3.09. The smallest absolute Gasteiger partial charge is 0.258 e. The first kappa shape index (κ1) is 20.9. The van der Waals surface area contributed by atoms with E-state index in [2.05, 4.69) is 0 Å². The van der Waals surface area contributed by atoms with Crippen LogP contribution in [0.2, 0.25) is 0 Å². The minimum absolute atomic E-state index is 0.0665. The molecule has 0 spiro atoms. The Labute approximate surface area is 187 Å². The van der Waals surface area contributed by atoms with Crippen LogP contribution in [0.25, 0.3) is 11.1 Å². The molecule has 4 atom stereocenters. The largest absolute Gasteiger partial charge is 0.396 e. The Morgan fingerprint density at radius 2 is 1.75 bits per heavy atom. The Kier molecular flexibility index (Phi) is 5.37. The lowest BCUT2D eigenvalue weighted by molar-refractivity contribution is -0.146. The average Bonchev–Trinajstić information content (AvgIpc) is 3.35. The number of rotatable bonds is 3. The van der Waals surface area contributed by atoms with E-state index in [1.165, 1.54) is 6.92 Å². The van der Waals surface area contributed by atoms with Crippen molar-refractivity contribution in [1.29, 1.82) is 0 Å². The van der Waals surface area contributed by atoms with Crippen LogP contribution in [0.3, 0.4) is 0 Å². The Balaban J connectivity index is 1.55. The van der Waals surface area contributed by atoms with E-state index < -0.39 is 12.0 Å². The van der Waals surface area contributed by atoms with Crippen LogP contribution in [0, 0.1) is 11.8 Å². The Morgan fingerprint density at radius 1 is 1.03 bits per heavy atom.